The van der Waals surface area contributed by atoms with Gasteiger partial charge in [0.05, 0.1) is 6.61 Å². The van der Waals surface area contributed by atoms with Crippen molar-refractivity contribution in [3.63, 3.8) is 0 Å². The van der Waals surface area contributed by atoms with E-state index >= 15 is 0 Å². The zero-order chi connectivity index (χ0) is 17.9. The van der Waals surface area contributed by atoms with Crippen molar-refractivity contribution in [2.45, 2.75) is 46.1 Å². The molecule has 0 aromatic heterocycles. The molecule has 0 N–H and O–H groups in total. The quantitative estimate of drug-likeness (QED) is 0.822. The van der Waals surface area contributed by atoms with Gasteiger partial charge in [-0.3, -0.25) is 9.69 Å². The summed E-state index contributed by atoms with van der Waals surface area (Å²) >= 11 is 0. The molecule has 1 aromatic rings. The number of hydrogen-bond donors (Lipinski definition) is 0. The topological polar surface area (TPSA) is 32.8 Å². The van der Waals surface area contributed by atoms with Crippen molar-refractivity contribution < 1.29 is 9.53 Å². The molecule has 4 heteroatoms. The number of benzene rings is 1. The predicted molar refractivity (Wildman–Crippen MR) is 101 cm³/mol. The number of carbonyl (C=O) groups is 1. The molecular weight excluding hydrogens is 312 g/mol. The number of piperidine rings is 2. The molecule has 2 aliphatic heterocycles. The van der Waals surface area contributed by atoms with Crippen LogP contribution in [0.3, 0.4) is 0 Å². The van der Waals surface area contributed by atoms with Gasteiger partial charge in [-0.05, 0) is 68.3 Å². The summed E-state index contributed by atoms with van der Waals surface area (Å²) in [6, 6.07) is 6.82. The maximum absolute atomic E-state index is 12.2. The summed E-state index contributed by atoms with van der Waals surface area (Å²) in [5.41, 5.74) is 4.50. The Morgan fingerprint density at radius 3 is 2.56 bits per heavy atom. The molecule has 1 aromatic carbocycles. The van der Waals surface area contributed by atoms with E-state index in [1.54, 1.807) is 7.11 Å². The highest BCUT2D eigenvalue weighted by Gasteiger charge is 2.40. The number of hydrogen-bond acceptors (Lipinski definition) is 3. The van der Waals surface area contributed by atoms with Gasteiger partial charge in [-0.15, -0.1) is 0 Å². The molecule has 138 valence electrons. The molecule has 0 radical (unpaired) electrons. The lowest BCUT2D eigenvalue weighted by Crippen LogP contribution is -2.52. The van der Waals surface area contributed by atoms with E-state index in [9.17, 15) is 4.79 Å². The fourth-order valence-electron chi connectivity index (χ4n) is 4.26. The highest BCUT2D eigenvalue weighted by Crippen LogP contribution is 2.40. The molecule has 0 aliphatic carbocycles. The SMILES string of the molecule is COCCN1CC2(CCC1=O)CCN(Cc1ccc(C)c(C)c1)CC2. The largest absolute Gasteiger partial charge is 0.383 e. The number of methoxy groups -OCH3 is 1. The molecule has 2 heterocycles. The average Bonchev–Trinajstić information content (AvgIpc) is 2.61. The monoisotopic (exact) mass is 344 g/mol. The van der Waals surface area contributed by atoms with Gasteiger partial charge in [-0.2, -0.15) is 0 Å². The van der Waals surface area contributed by atoms with Crippen LogP contribution in [-0.4, -0.2) is 55.6 Å². The van der Waals surface area contributed by atoms with Crippen LogP contribution in [0.1, 0.15) is 42.4 Å². The lowest BCUT2D eigenvalue weighted by Gasteiger charge is -2.47. The van der Waals surface area contributed by atoms with Crippen molar-refractivity contribution in [2.75, 3.05) is 39.9 Å². The van der Waals surface area contributed by atoms with E-state index < -0.39 is 0 Å². The highest BCUT2D eigenvalue weighted by atomic mass is 16.5. The van der Waals surface area contributed by atoms with Gasteiger partial charge in [0, 0.05) is 33.2 Å². The van der Waals surface area contributed by atoms with Crippen LogP contribution in [0.5, 0.6) is 0 Å². The molecule has 0 saturated carbocycles. The van der Waals surface area contributed by atoms with Gasteiger partial charge in [0.25, 0.3) is 0 Å². The zero-order valence-corrected chi connectivity index (χ0v) is 16.0. The van der Waals surface area contributed by atoms with Gasteiger partial charge >= 0.3 is 0 Å². The summed E-state index contributed by atoms with van der Waals surface area (Å²) in [6.07, 6.45) is 4.18. The molecule has 2 saturated heterocycles. The molecule has 25 heavy (non-hydrogen) atoms. The number of ether oxygens (including phenoxy) is 1. The lowest BCUT2D eigenvalue weighted by molar-refractivity contribution is -0.139. The average molecular weight is 344 g/mol. The number of likely N-dealkylation sites (tertiary alicyclic amines) is 2. The molecule has 0 bridgehead atoms. The molecule has 1 amide bonds. The van der Waals surface area contributed by atoms with E-state index in [0.717, 1.165) is 39.1 Å². The lowest BCUT2D eigenvalue weighted by atomic mass is 9.72. The molecule has 0 unspecified atom stereocenters. The molecule has 0 atom stereocenters. The Labute approximate surface area is 152 Å². The van der Waals surface area contributed by atoms with E-state index in [4.69, 9.17) is 4.74 Å². The first-order valence-corrected chi connectivity index (χ1v) is 9.57. The number of carbonyl (C=O) groups excluding carboxylic acids is 1. The standard InChI is InChI=1S/C21H32N2O2/c1-17-4-5-19(14-18(17)2)15-22-10-8-21(9-11-22)7-6-20(24)23(16-21)12-13-25-3/h4-5,14H,6-13,15-16H2,1-3H3. The number of rotatable bonds is 5. The van der Waals surface area contributed by atoms with Gasteiger partial charge in [-0.25, -0.2) is 0 Å². The Morgan fingerprint density at radius 2 is 1.88 bits per heavy atom. The van der Waals surface area contributed by atoms with Gasteiger partial charge in [0.15, 0.2) is 0 Å². The van der Waals surface area contributed by atoms with Crippen LogP contribution in [0.2, 0.25) is 0 Å². The summed E-state index contributed by atoms with van der Waals surface area (Å²) in [7, 11) is 1.70. The summed E-state index contributed by atoms with van der Waals surface area (Å²) < 4.78 is 5.17. The van der Waals surface area contributed by atoms with Crippen molar-refractivity contribution in [3.05, 3.63) is 34.9 Å². The Balaban J connectivity index is 1.55. The maximum atomic E-state index is 12.2. The first kappa shape index (κ1) is 18.4. The fraction of sp³-hybridized carbons (Fsp3) is 0.667. The molecule has 2 fully saturated rings. The Kier molecular flexibility index (Phi) is 5.80. The first-order valence-electron chi connectivity index (χ1n) is 9.57. The first-order chi connectivity index (χ1) is 12.0. The molecular formula is C21H32N2O2. The van der Waals surface area contributed by atoms with Crippen LogP contribution < -0.4 is 0 Å². The van der Waals surface area contributed by atoms with Crippen molar-refractivity contribution in [1.82, 2.24) is 9.80 Å². The van der Waals surface area contributed by atoms with E-state index in [2.05, 4.69) is 36.9 Å². The van der Waals surface area contributed by atoms with Crippen molar-refractivity contribution in [2.24, 2.45) is 5.41 Å². The van der Waals surface area contributed by atoms with E-state index in [1.807, 2.05) is 4.90 Å². The predicted octanol–water partition coefficient (Wildman–Crippen LogP) is 3.15. The van der Waals surface area contributed by atoms with Crippen LogP contribution in [0.25, 0.3) is 0 Å². The minimum Gasteiger partial charge on any atom is -0.383 e. The van der Waals surface area contributed by atoms with E-state index in [1.165, 1.54) is 29.5 Å². The Morgan fingerprint density at radius 1 is 1.12 bits per heavy atom. The smallest absolute Gasteiger partial charge is 0.222 e. The molecule has 2 aliphatic rings. The van der Waals surface area contributed by atoms with Crippen LogP contribution in [-0.2, 0) is 16.1 Å². The summed E-state index contributed by atoms with van der Waals surface area (Å²) in [6.45, 7) is 9.99. The second kappa shape index (κ2) is 7.88. The number of aryl methyl sites for hydroxylation is 2. The fourth-order valence-corrected chi connectivity index (χ4v) is 4.26. The van der Waals surface area contributed by atoms with E-state index in [-0.39, 0.29) is 0 Å². The molecule has 4 nitrogen and oxygen atoms in total. The van der Waals surface area contributed by atoms with Crippen molar-refractivity contribution >= 4 is 5.91 Å². The van der Waals surface area contributed by atoms with Gasteiger partial charge < -0.3 is 9.64 Å². The second-order valence-electron chi connectivity index (χ2n) is 8.00. The second-order valence-corrected chi connectivity index (χ2v) is 8.00. The third-order valence-corrected chi connectivity index (χ3v) is 6.21. The zero-order valence-electron chi connectivity index (χ0n) is 16.0. The van der Waals surface area contributed by atoms with Crippen molar-refractivity contribution in [1.29, 1.82) is 0 Å². The molecule has 1 spiro atoms. The maximum Gasteiger partial charge on any atom is 0.222 e. The Hall–Kier alpha value is -1.39. The third kappa shape index (κ3) is 4.42. The Bertz CT molecular complexity index is 606. The van der Waals surface area contributed by atoms with Crippen LogP contribution in [0.15, 0.2) is 18.2 Å². The van der Waals surface area contributed by atoms with Gasteiger partial charge in [-0.1, -0.05) is 18.2 Å². The van der Waals surface area contributed by atoms with Gasteiger partial charge in [0.1, 0.15) is 0 Å². The summed E-state index contributed by atoms with van der Waals surface area (Å²) in [4.78, 5) is 16.8. The third-order valence-electron chi connectivity index (χ3n) is 6.21. The number of amides is 1. The summed E-state index contributed by atoms with van der Waals surface area (Å²) in [5, 5.41) is 0. The summed E-state index contributed by atoms with van der Waals surface area (Å²) in [5.74, 6) is 0.306. The number of nitrogens with zero attached hydrogens (tertiary/aromatic N) is 2. The van der Waals surface area contributed by atoms with Crippen LogP contribution >= 0.6 is 0 Å². The van der Waals surface area contributed by atoms with Gasteiger partial charge in [0.2, 0.25) is 5.91 Å². The minimum absolute atomic E-state index is 0.306. The van der Waals surface area contributed by atoms with Crippen LogP contribution in [0, 0.1) is 19.3 Å². The highest BCUT2D eigenvalue weighted by molar-refractivity contribution is 5.77. The van der Waals surface area contributed by atoms with Crippen molar-refractivity contribution in [3.8, 4) is 0 Å². The van der Waals surface area contributed by atoms with E-state index in [0.29, 0.717) is 24.3 Å². The minimum atomic E-state index is 0.306. The van der Waals surface area contributed by atoms with Crippen LogP contribution in [0.4, 0.5) is 0 Å². The molecule has 3 rings (SSSR count). The normalized spacial score (nSPS) is 21.1.